The van der Waals surface area contributed by atoms with Gasteiger partial charge in [-0.1, -0.05) is 18.2 Å². The first-order chi connectivity index (χ1) is 17.7. The van der Waals surface area contributed by atoms with Crippen LogP contribution in [0.3, 0.4) is 0 Å². The predicted octanol–water partition coefficient (Wildman–Crippen LogP) is 4.00. The Morgan fingerprint density at radius 1 is 0.919 bits per heavy atom. The lowest BCUT2D eigenvalue weighted by Gasteiger charge is -2.26. The summed E-state index contributed by atoms with van der Waals surface area (Å²) in [5.74, 6) is -0.713. The summed E-state index contributed by atoms with van der Waals surface area (Å²) < 4.78 is 10.6. The predicted molar refractivity (Wildman–Crippen MR) is 138 cm³/mol. The normalized spacial score (nSPS) is 14.4. The standard InChI is InChI=1S/C28H25N3O6/c1-17-4-9-21(14-18(17)2)31-27(34)24(26(33)30-28(31)35)15-19-5-10-23(11-6-19)37-16-25(32)29-20-7-12-22(36-3)13-8-20/h4-15H,16H2,1-3H3,(H,29,32)(H,30,33,35)/b24-15-. The highest BCUT2D eigenvalue weighted by atomic mass is 16.5. The third kappa shape index (κ3) is 5.84. The number of nitrogens with zero attached hydrogens (tertiary/aromatic N) is 1. The molecular weight excluding hydrogens is 474 g/mol. The number of benzene rings is 3. The van der Waals surface area contributed by atoms with E-state index in [-0.39, 0.29) is 18.1 Å². The molecule has 188 valence electrons. The molecule has 0 unspecified atom stereocenters. The molecule has 0 radical (unpaired) electrons. The Morgan fingerprint density at radius 3 is 2.24 bits per heavy atom. The highest BCUT2D eigenvalue weighted by molar-refractivity contribution is 6.39. The number of ether oxygens (including phenoxy) is 2. The molecule has 2 N–H and O–H groups in total. The highest BCUT2D eigenvalue weighted by Gasteiger charge is 2.36. The smallest absolute Gasteiger partial charge is 0.335 e. The van der Waals surface area contributed by atoms with Crippen LogP contribution >= 0.6 is 0 Å². The van der Waals surface area contributed by atoms with Crippen molar-refractivity contribution < 1.29 is 28.7 Å². The lowest BCUT2D eigenvalue weighted by molar-refractivity contribution is -0.122. The molecule has 0 aromatic heterocycles. The SMILES string of the molecule is COc1ccc(NC(=O)COc2ccc(/C=C3/C(=O)NC(=O)N(c4ccc(C)c(C)c4)C3=O)cc2)cc1. The number of hydrogen-bond acceptors (Lipinski definition) is 6. The number of rotatable bonds is 7. The van der Waals surface area contributed by atoms with Crippen LogP contribution in [0.2, 0.25) is 0 Å². The molecule has 1 heterocycles. The summed E-state index contributed by atoms with van der Waals surface area (Å²) >= 11 is 0. The van der Waals surface area contributed by atoms with Gasteiger partial charge in [-0.2, -0.15) is 0 Å². The number of carbonyl (C=O) groups excluding carboxylic acids is 4. The van der Waals surface area contributed by atoms with E-state index in [1.165, 1.54) is 6.08 Å². The molecule has 1 aliphatic heterocycles. The number of methoxy groups -OCH3 is 1. The zero-order valence-corrected chi connectivity index (χ0v) is 20.5. The van der Waals surface area contributed by atoms with Crippen molar-refractivity contribution in [2.75, 3.05) is 23.9 Å². The molecule has 0 spiro atoms. The maximum Gasteiger partial charge on any atom is 0.335 e. The first kappa shape index (κ1) is 25.2. The molecule has 0 atom stereocenters. The largest absolute Gasteiger partial charge is 0.497 e. The molecule has 9 heteroatoms. The van der Waals surface area contributed by atoms with Gasteiger partial charge in [-0.25, -0.2) is 9.69 Å². The van der Waals surface area contributed by atoms with Crippen molar-refractivity contribution in [2.45, 2.75) is 13.8 Å². The van der Waals surface area contributed by atoms with Crippen molar-refractivity contribution in [1.82, 2.24) is 5.32 Å². The number of anilines is 2. The van der Waals surface area contributed by atoms with E-state index in [4.69, 9.17) is 9.47 Å². The Balaban J connectivity index is 1.42. The number of aryl methyl sites for hydroxylation is 2. The average Bonchev–Trinajstić information content (AvgIpc) is 2.88. The Kier molecular flexibility index (Phi) is 7.34. The minimum absolute atomic E-state index is 0.176. The Morgan fingerprint density at radius 2 is 1.59 bits per heavy atom. The summed E-state index contributed by atoms with van der Waals surface area (Å²) in [5, 5.41) is 4.94. The average molecular weight is 500 g/mol. The summed E-state index contributed by atoms with van der Waals surface area (Å²) in [6.07, 6.45) is 1.40. The lowest BCUT2D eigenvalue weighted by Crippen LogP contribution is -2.54. The first-order valence-corrected chi connectivity index (χ1v) is 11.4. The lowest BCUT2D eigenvalue weighted by atomic mass is 10.1. The van der Waals surface area contributed by atoms with E-state index in [0.717, 1.165) is 16.0 Å². The fraction of sp³-hybridized carbons (Fsp3) is 0.143. The van der Waals surface area contributed by atoms with Gasteiger partial charge in [0.2, 0.25) is 0 Å². The van der Waals surface area contributed by atoms with E-state index in [1.807, 2.05) is 13.8 Å². The molecule has 37 heavy (non-hydrogen) atoms. The van der Waals surface area contributed by atoms with Crippen LogP contribution in [0.25, 0.3) is 6.08 Å². The van der Waals surface area contributed by atoms with E-state index in [2.05, 4.69) is 10.6 Å². The molecule has 9 nitrogen and oxygen atoms in total. The second-order valence-corrected chi connectivity index (χ2v) is 8.36. The van der Waals surface area contributed by atoms with E-state index >= 15 is 0 Å². The summed E-state index contributed by atoms with van der Waals surface area (Å²) in [6.45, 7) is 3.59. The number of urea groups is 1. The zero-order chi connectivity index (χ0) is 26.5. The van der Waals surface area contributed by atoms with Crippen LogP contribution in [0.4, 0.5) is 16.2 Å². The van der Waals surface area contributed by atoms with Gasteiger partial charge in [-0.3, -0.25) is 19.7 Å². The Bertz CT molecular complexity index is 1390. The fourth-order valence-corrected chi connectivity index (χ4v) is 3.60. The number of carbonyl (C=O) groups is 4. The molecular formula is C28H25N3O6. The van der Waals surface area contributed by atoms with Gasteiger partial charge in [0.25, 0.3) is 17.7 Å². The van der Waals surface area contributed by atoms with E-state index < -0.39 is 17.8 Å². The molecule has 3 aromatic rings. The van der Waals surface area contributed by atoms with Gasteiger partial charge in [-0.05, 0) is 85.1 Å². The van der Waals surface area contributed by atoms with Crippen LogP contribution in [0.5, 0.6) is 11.5 Å². The number of nitrogens with one attached hydrogen (secondary N) is 2. The number of imide groups is 2. The van der Waals surface area contributed by atoms with Gasteiger partial charge >= 0.3 is 6.03 Å². The zero-order valence-electron chi connectivity index (χ0n) is 20.5. The van der Waals surface area contributed by atoms with E-state index in [1.54, 1.807) is 73.8 Å². The minimum atomic E-state index is -0.799. The summed E-state index contributed by atoms with van der Waals surface area (Å²) in [6, 6.07) is 17.8. The molecule has 0 aliphatic carbocycles. The van der Waals surface area contributed by atoms with Gasteiger partial charge < -0.3 is 14.8 Å². The molecule has 0 saturated carbocycles. The van der Waals surface area contributed by atoms with Crippen molar-refractivity contribution in [3.63, 3.8) is 0 Å². The third-order valence-corrected chi connectivity index (χ3v) is 5.79. The van der Waals surface area contributed by atoms with Gasteiger partial charge in [0.05, 0.1) is 12.8 Å². The summed E-state index contributed by atoms with van der Waals surface area (Å²) in [4.78, 5) is 51.0. The summed E-state index contributed by atoms with van der Waals surface area (Å²) in [7, 11) is 1.56. The quantitative estimate of drug-likeness (QED) is 0.375. The Labute approximate surface area is 213 Å². The molecule has 3 aromatic carbocycles. The minimum Gasteiger partial charge on any atom is -0.497 e. The van der Waals surface area contributed by atoms with Crippen LogP contribution in [-0.4, -0.2) is 37.5 Å². The van der Waals surface area contributed by atoms with Crippen LogP contribution < -0.4 is 25.0 Å². The molecule has 0 bridgehead atoms. The van der Waals surface area contributed by atoms with E-state index in [0.29, 0.717) is 28.4 Å². The van der Waals surface area contributed by atoms with E-state index in [9.17, 15) is 19.2 Å². The van der Waals surface area contributed by atoms with Gasteiger partial charge in [0.1, 0.15) is 17.1 Å². The van der Waals surface area contributed by atoms with Crippen molar-refractivity contribution in [2.24, 2.45) is 0 Å². The molecule has 1 fully saturated rings. The topological polar surface area (TPSA) is 114 Å². The monoisotopic (exact) mass is 499 g/mol. The van der Waals surface area contributed by atoms with Crippen LogP contribution in [0.15, 0.2) is 72.3 Å². The van der Waals surface area contributed by atoms with Gasteiger partial charge in [-0.15, -0.1) is 0 Å². The highest BCUT2D eigenvalue weighted by Crippen LogP contribution is 2.24. The number of amides is 5. The maximum absolute atomic E-state index is 13.1. The molecule has 1 aliphatic rings. The molecule has 1 saturated heterocycles. The van der Waals surface area contributed by atoms with Crippen molar-refractivity contribution >= 4 is 41.2 Å². The molecule has 5 amide bonds. The Hall–Kier alpha value is -4.92. The number of barbiturate groups is 1. The van der Waals surface area contributed by atoms with Crippen molar-refractivity contribution in [3.05, 3.63) is 89.0 Å². The van der Waals surface area contributed by atoms with Crippen molar-refractivity contribution in [1.29, 1.82) is 0 Å². The van der Waals surface area contributed by atoms with Crippen LogP contribution in [0.1, 0.15) is 16.7 Å². The second kappa shape index (κ2) is 10.8. The maximum atomic E-state index is 13.1. The van der Waals surface area contributed by atoms with Gasteiger partial charge in [0.15, 0.2) is 6.61 Å². The first-order valence-electron chi connectivity index (χ1n) is 11.4. The second-order valence-electron chi connectivity index (χ2n) is 8.36. The third-order valence-electron chi connectivity index (χ3n) is 5.79. The van der Waals surface area contributed by atoms with Crippen LogP contribution in [-0.2, 0) is 14.4 Å². The summed E-state index contributed by atoms with van der Waals surface area (Å²) in [5.41, 5.74) is 3.28. The molecule has 4 rings (SSSR count). The van der Waals surface area contributed by atoms with Crippen molar-refractivity contribution in [3.8, 4) is 11.5 Å². The van der Waals surface area contributed by atoms with Crippen LogP contribution in [0, 0.1) is 13.8 Å². The number of hydrogen-bond donors (Lipinski definition) is 2. The van der Waals surface area contributed by atoms with Gasteiger partial charge in [0, 0.05) is 5.69 Å². The fourth-order valence-electron chi connectivity index (χ4n) is 3.60.